The number of nitrogens with zero attached hydrogens (tertiary/aromatic N) is 1. The first-order valence-electron chi connectivity index (χ1n) is 8.65. The van der Waals surface area contributed by atoms with Crippen molar-refractivity contribution in [2.45, 2.75) is 6.92 Å². The lowest BCUT2D eigenvalue weighted by molar-refractivity contribution is 0.0998. The molecule has 0 bridgehead atoms. The third kappa shape index (κ3) is 3.63. The molecule has 0 unspecified atom stereocenters. The highest BCUT2D eigenvalue weighted by Gasteiger charge is 2.21. The summed E-state index contributed by atoms with van der Waals surface area (Å²) in [6.07, 6.45) is 0. The van der Waals surface area contributed by atoms with Gasteiger partial charge in [-0.05, 0) is 43.3 Å². The molecule has 1 fully saturated rings. The van der Waals surface area contributed by atoms with Crippen molar-refractivity contribution in [1.29, 1.82) is 0 Å². The first-order chi connectivity index (χ1) is 13.0. The topological polar surface area (TPSA) is 54.7 Å². The zero-order valence-electron chi connectivity index (χ0n) is 14.7. The maximum absolute atomic E-state index is 12.9. The van der Waals surface area contributed by atoms with Gasteiger partial charge in [-0.15, -0.1) is 0 Å². The van der Waals surface area contributed by atoms with Crippen LogP contribution in [0.3, 0.4) is 0 Å². The molecule has 1 aliphatic heterocycles. The molecular formula is C20H18Cl2N2O3. The number of ether oxygens (including phenoxy) is 1. The molecule has 3 aromatic rings. The van der Waals surface area contributed by atoms with E-state index in [1.54, 1.807) is 24.3 Å². The van der Waals surface area contributed by atoms with Gasteiger partial charge in [0.15, 0.2) is 5.76 Å². The number of nitrogens with one attached hydrogen (secondary N) is 1. The molecule has 7 heteroatoms. The van der Waals surface area contributed by atoms with Crippen LogP contribution >= 0.6 is 23.2 Å². The van der Waals surface area contributed by atoms with Crippen LogP contribution in [-0.2, 0) is 4.74 Å². The molecule has 1 aromatic heterocycles. The fraction of sp³-hybridized carbons (Fsp3) is 0.250. The molecule has 1 N–H and O–H groups in total. The van der Waals surface area contributed by atoms with Crippen LogP contribution < -0.4 is 10.2 Å². The Morgan fingerprint density at radius 1 is 1.07 bits per heavy atom. The van der Waals surface area contributed by atoms with Gasteiger partial charge in [-0.1, -0.05) is 23.2 Å². The fourth-order valence-electron chi connectivity index (χ4n) is 3.28. The van der Waals surface area contributed by atoms with Gasteiger partial charge in [-0.25, -0.2) is 0 Å². The van der Waals surface area contributed by atoms with Crippen molar-refractivity contribution in [3.05, 3.63) is 57.8 Å². The zero-order chi connectivity index (χ0) is 19.0. The highest BCUT2D eigenvalue weighted by Crippen LogP contribution is 2.32. The molecule has 2 aromatic carbocycles. The van der Waals surface area contributed by atoms with Crippen LogP contribution in [0.15, 0.2) is 40.8 Å². The summed E-state index contributed by atoms with van der Waals surface area (Å²) in [6, 6.07) is 10.8. The van der Waals surface area contributed by atoms with Crippen LogP contribution in [0.5, 0.6) is 0 Å². The van der Waals surface area contributed by atoms with Crippen molar-refractivity contribution in [1.82, 2.24) is 0 Å². The zero-order valence-corrected chi connectivity index (χ0v) is 16.2. The Kier molecular flexibility index (Phi) is 5.00. The summed E-state index contributed by atoms with van der Waals surface area (Å²) >= 11 is 12.2. The fourth-order valence-corrected chi connectivity index (χ4v) is 3.62. The Bertz CT molecular complexity index is 1010. The van der Waals surface area contributed by atoms with E-state index in [0.717, 1.165) is 29.7 Å². The van der Waals surface area contributed by atoms with Gasteiger partial charge >= 0.3 is 0 Å². The molecule has 0 spiro atoms. The largest absolute Gasteiger partial charge is 0.451 e. The highest BCUT2D eigenvalue weighted by molar-refractivity contribution is 6.31. The molecule has 1 amide bonds. The lowest BCUT2D eigenvalue weighted by Crippen LogP contribution is -2.36. The molecule has 4 rings (SSSR count). The van der Waals surface area contributed by atoms with E-state index in [9.17, 15) is 4.79 Å². The Morgan fingerprint density at radius 2 is 1.78 bits per heavy atom. The van der Waals surface area contributed by atoms with Gasteiger partial charge in [-0.3, -0.25) is 4.79 Å². The molecule has 2 heterocycles. The van der Waals surface area contributed by atoms with Crippen molar-refractivity contribution in [3.8, 4) is 0 Å². The number of fused-ring (bicyclic) bond motifs is 1. The van der Waals surface area contributed by atoms with E-state index in [1.165, 1.54) is 0 Å². The van der Waals surface area contributed by atoms with E-state index >= 15 is 0 Å². The van der Waals surface area contributed by atoms with Crippen molar-refractivity contribution >= 4 is 51.5 Å². The molecule has 0 atom stereocenters. The second-order valence-corrected chi connectivity index (χ2v) is 7.28. The summed E-state index contributed by atoms with van der Waals surface area (Å²) in [6.45, 7) is 4.66. The van der Waals surface area contributed by atoms with Crippen LogP contribution in [0, 0.1) is 6.92 Å². The Hall–Kier alpha value is -2.21. The molecule has 0 radical (unpaired) electrons. The first-order valence-corrected chi connectivity index (χ1v) is 9.41. The molecule has 0 aliphatic carbocycles. The van der Waals surface area contributed by atoms with E-state index in [-0.39, 0.29) is 11.7 Å². The average molecular weight is 405 g/mol. The van der Waals surface area contributed by atoms with Crippen molar-refractivity contribution < 1.29 is 13.9 Å². The minimum atomic E-state index is -0.323. The van der Waals surface area contributed by atoms with E-state index in [0.29, 0.717) is 34.5 Å². The quantitative estimate of drug-likeness (QED) is 0.656. The molecule has 1 saturated heterocycles. The number of furan rings is 1. The number of amides is 1. The normalized spacial score (nSPS) is 14.6. The molecular weight excluding hydrogens is 387 g/mol. The number of hydrogen-bond acceptors (Lipinski definition) is 4. The van der Waals surface area contributed by atoms with E-state index < -0.39 is 0 Å². The van der Waals surface area contributed by atoms with Crippen LogP contribution in [0.25, 0.3) is 11.0 Å². The molecule has 0 saturated carbocycles. The van der Waals surface area contributed by atoms with E-state index in [4.69, 9.17) is 32.4 Å². The second kappa shape index (κ2) is 7.43. The van der Waals surface area contributed by atoms with Gasteiger partial charge in [0.1, 0.15) is 5.58 Å². The number of anilines is 2. The lowest BCUT2D eigenvalue weighted by Gasteiger charge is -2.30. The van der Waals surface area contributed by atoms with Crippen LogP contribution in [-0.4, -0.2) is 32.2 Å². The molecule has 5 nitrogen and oxygen atoms in total. The smallest absolute Gasteiger partial charge is 0.291 e. The minimum absolute atomic E-state index is 0.264. The third-order valence-corrected chi connectivity index (χ3v) is 5.13. The minimum Gasteiger partial charge on any atom is -0.451 e. The van der Waals surface area contributed by atoms with Gasteiger partial charge in [0, 0.05) is 34.1 Å². The third-order valence-electron chi connectivity index (χ3n) is 4.66. The standard InChI is InChI=1S/C20H18Cl2N2O3/c1-12-15-10-13(21)3-5-18(15)27-19(12)20(25)23-16-11-14(22)2-4-17(16)24-6-8-26-9-7-24/h2-5,10-11H,6-9H2,1H3,(H,23,25). The number of rotatable bonds is 3. The van der Waals surface area contributed by atoms with Crippen LogP contribution in [0.1, 0.15) is 16.1 Å². The summed E-state index contributed by atoms with van der Waals surface area (Å²) in [5.74, 6) is -0.0585. The SMILES string of the molecule is Cc1c(C(=O)Nc2cc(Cl)ccc2N2CCOCC2)oc2ccc(Cl)cc12. The number of aryl methyl sites for hydroxylation is 1. The molecule has 27 heavy (non-hydrogen) atoms. The summed E-state index contributed by atoms with van der Waals surface area (Å²) in [5, 5.41) is 4.93. The van der Waals surface area contributed by atoms with Gasteiger partial charge in [0.05, 0.1) is 24.6 Å². The second-order valence-electron chi connectivity index (χ2n) is 6.41. The van der Waals surface area contributed by atoms with E-state index in [2.05, 4.69) is 10.2 Å². The number of morpholine rings is 1. The number of hydrogen-bond donors (Lipinski definition) is 1. The van der Waals surface area contributed by atoms with Crippen LogP contribution in [0.2, 0.25) is 10.0 Å². The van der Waals surface area contributed by atoms with Gasteiger partial charge < -0.3 is 19.4 Å². The van der Waals surface area contributed by atoms with Gasteiger partial charge in [0.25, 0.3) is 5.91 Å². The first kappa shape index (κ1) is 18.2. The highest BCUT2D eigenvalue weighted by atomic mass is 35.5. The Balaban J connectivity index is 1.67. The lowest BCUT2D eigenvalue weighted by atomic mass is 10.1. The number of carbonyl (C=O) groups is 1. The molecule has 140 valence electrons. The predicted molar refractivity (Wildman–Crippen MR) is 108 cm³/mol. The summed E-state index contributed by atoms with van der Waals surface area (Å²) in [4.78, 5) is 15.1. The maximum Gasteiger partial charge on any atom is 0.291 e. The Labute approximate surface area is 166 Å². The van der Waals surface area contributed by atoms with Gasteiger partial charge in [0.2, 0.25) is 0 Å². The van der Waals surface area contributed by atoms with Crippen molar-refractivity contribution in [3.63, 3.8) is 0 Å². The summed E-state index contributed by atoms with van der Waals surface area (Å²) in [7, 11) is 0. The summed E-state index contributed by atoms with van der Waals surface area (Å²) < 4.78 is 11.2. The maximum atomic E-state index is 12.9. The number of carbonyl (C=O) groups excluding carboxylic acids is 1. The molecule has 1 aliphatic rings. The monoisotopic (exact) mass is 404 g/mol. The summed E-state index contributed by atoms with van der Waals surface area (Å²) in [5.41, 5.74) is 2.93. The predicted octanol–water partition coefficient (Wildman–Crippen LogP) is 5.14. The number of halogens is 2. The van der Waals surface area contributed by atoms with Crippen molar-refractivity contribution in [2.24, 2.45) is 0 Å². The van der Waals surface area contributed by atoms with E-state index in [1.807, 2.05) is 19.1 Å². The van der Waals surface area contributed by atoms with Crippen LogP contribution in [0.4, 0.5) is 11.4 Å². The van der Waals surface area contributed by atoms with Crippen molar-refractivity contribution in [2.75, 3.05) is 36.5 Å². The average Bonchev–Trinajstić information content (AvgIpc) is 2.99. The number of benzene rings is 2. The Morgan fingerprint density at radius 3 is 2.56 bits per heavy atom. The van der Waals surface area contributed by atoms with Gasteiger partial charge in [-0.2, -0.15) is 0 Å².